The number of ether oxygens (including phenoxy) is 1. The molecular formula is C18H19N3O3. The number of amides is 1. The van der Waals surface area contributed by atoms with Crippen LogP contribution in [0.5, 0.6) is 5.75 Å². The molecule has 124 valence electrons. The molecule has 1 amide bonds. The fourth-order valence-corrected chi connectivity index (χ4v) is 2.35. The van der Waals surface area contributed by atoms with E-state index in [1.165, 1.54) is 0 Å². The summed E-state index contributed by atoms with van der Waals surface area (Å²) in [5.41, 5.74) is 2.15. The molecule has 0 aliphatic carbocycles. The number of hydrogen-bond acceptors (Lipinski definition) is 4. The van der Waals surface area contributed by atoms with Crippen molar-refractivity contribution in [2.45, 2.75) is 13.3 Å². The minimum absolute atomic E-state index is 0.214. The lowest BCUT2D eigenvalue weighted by atomic mass is 10.1. The van der Waals surface area contributed by atoms with Crippen LogP contribution in [0.4, 0.5) is 0 Å². The first-order valence-corrected chi connectivity index (χ1v) is 7.69. The van der Waals surface area contributed by atoms with Gasteiger partial charge >= 0.3 is 0 Å². The molecule has 0 atom stereocenters. The Balaban J connectivity index is 1.54. The number of rotatable bonds is 6. The molecule has 0 saturated heterocycles. The van der Waals surface area contributed by atoms with Gasteiger partial charge < -0.3 is 14.5 Å². The van der Waals surface area contributed by atoms with Gasteiger partial charge in [0.1, 0.15) is 17.2 Å². The van der Waals surface area contributed by atoms with Crippen LogP contribution in [0.3, 0.4) is 0 Å². The van der Waals surface area contributed by atoms with E-state index in [0.29, 0.717) is 23.7 Å². The first-order chi connectivity index (χ1) is 11.7. The van der Waals surface area contributed by atoms with Crippen molar-refractivity contribution in [3.8, 4) is 17.2 Å². The lowest BCUT2D eigenvalue weighted by molar-refractivity contribution is 0.0949. The Morgan fingerprint density at radius 3 is 2.71 bits per heavy atom. The summed E-state index contributed by atoms with van der Waals surface area (Å²) in [6, 6.07) is 13.2. The van der Waals surface area contributed by atoms with Crippen LogP contribution in [0.25, 0.3) is 11.5 Å². The molecule has 2 N–H and O–H groups in total. The van der Waals surface area contributed by atoms with Gasteiger partial charge in [-0.2, -0.15) is 5.10 Å². The molecule has 0 fully saturated rings. The van der Waals surface area contributed by atoms with Gasteiger partial charge in [0.25, 0.3) is 5.91 Å². The number of carbonyl (C=O) groups excluding carboxylic acids is 1. The van der Waals surface area contributed by atoms with Gasteiger partial charge in [0.15, 0.2) is 11.5 Å². The number of aromatic nitrogens is 2. The Kier molecular flexibility index (Phi) is 4.65. The summed E-state index contributed by atoms with van der Waals surface area (Å²) in [7, 11) is 1.64. The standard InChI is InChI=1S/C18H19N3O3/c1-12-3-8-17(24-12)15-11-16(21-20-15)18(22)19-10-9-13-4-6-14(23-2)7-5-13/h3-8,11H,9-10H2,1-2H3,(H,19,22)(H,20,21). The number of hydrogen-bond donors (Lipinski definition) is 2. The highest BCUT2D eigenvalue weighted by Gasteiger charge is 2.12. The summed E-state index contributed by atoms with van der Waals surface area (Å²) in [6.45, 7) is 2.40. The molecular weight excluding hydrogens is 306 g/mol. The van der Waals surface area contributed by atoms with E-state index in [2.05, 4.69) is 15.5 Å². The number of H-pyrrole nitrogens is 1. The van der Waals surface area contributed by atoms with Crippen LogP contribution in [0.15, 0.2) is 46.9 Å². The SMILES string of the molecule is COc1ccc(CCNC(=O)c2cc(-c3ccc(C)o3)[nH]n2)cc1. The third kappa shape index (κ3) is 3.65. The van der Waals surface area contributed by atoms with Crippen molar-refractivity contribution < 1.29 is 13.9 Å². The Morgan fingerprint density at radius 2 is 2.04 bits per heavy atom. The van der Waals surface area contributed by atoms with Crippen LogP contribution in [-0.2, 0) is 6.42 Å². The molecule has 1 aromatic carbocycles. The smallest absolute Gasteiger partial charge is 0.271 e. The van der Waals surface area contributed by atoms with E-state index >= 15 is 0 Å². The van der Waals surface area contributed by atoms with E-state index in [1.807, 2.05) is 43.3 Å². The number of nitrogens with zero attached hydrogens (tertiary/aromatic N) is 1. The zero-order valence-electron chi connectivity index (χ0n) is 13.6. The minimum atomic E-state index is -0.214. The number of furan rings is 1. The summed E-state index contributed by atoms with van der Waals surface area (Å²) in [5.74, 6) is 2.08. The van der Waals surface area contributed by atoms with Crippen molar-refractivity contribution in [3.63, 3.8) is 0 Å². The van der Waals surface area contributed by atoms with Crippen LogP contribution in [-0.4, -0.2) is 29.8 Å². The van der Waals surface area contributed by atoms with Crippen molar-refractivity contribution >= 4 is 5.91 Å². The van der Waals surface area contributed by atoms with Gasteiger partial charge in [-0.1, -0.05) is 12.1 Å². The summed E-state index contributed by atoms with van der Waals surface area (Å²) in [5, 5.41) is 9.72. The molecule has 3 aromatic rings. The summed E-state index contributed by atoms with van der Waals surface area (Å²) in [4.78, 5) is 12.1. The second-order valence-corrected chi connectivity index (χ2v) is 5.43. The molecule has 24 heavy (non-hydrogen) atoms. The van der Waals surface area contributed by atoms with Crippen LogP contribution in [0.2, 0.25) is 0 Å². The number of methoxy groups -OCH3 is 1. The lowest BCUT2D eigenvalue weighted by Crippen LogP contribution is -2.26. The fourth-order valence-electron chi connectivity index (χ4n) is 2.35. The highest BCUT2D eigenvalue weighted by molar-refractivity contribution is 5.93. The van der Waals surface area contributed by atoms with E-state index < -0.39 is 0 Å². The number of benzene rings is 1. The molecule has 0 aliphatic heterocycles. The monoisotopic (exact) mass is 325 g/mol. The second kappa shape index (κ2) is 7.04. The molecule has 0 bridgehead atoms. The Labute approximate surface area is 139 Å². The van der Waals surface area contributed by atoms with Crippen molar-refractivity contribution in [1.29, 1.82) is 0 Å². The Morgan fingerprint density at radius 1 is 1.25 bits per heavy atom. The first kappa shape index (κ1) is 15.9. The zero-order chi connectivity index (χ0) is 16.9. The number of aryl methyl sites for hydroxylation is 1. The van der Waals surface area contributed by atoms with Crippen molar-refractivity contribution in [1.82, 2.24) is 15.5 Å². The van der Waals surface area contributed by atoms with Gasteiger partial charge in [-0.15, -0.1) is 0 Å². The van der Waals surface area contributed by atoms with Crippen LogP contribution < -0.4 is 10.1 Å². The lowest BCUT2D eigenvalue weighted by Gasteiger charge is -2.04. The maximum absolute atomic E-state index is 12.1. The quantitative estimate of drug-likeness (QED) is 0.730. The largest absolute Gasteiger partial charge is 0.497 e. The van der Waals surface area contributed by atoms with E-state index in [-0.39, 0.29) is 5.91 Å². The highest BCUT2D eigenvalue weighted by Crippen LogP contribution is 2.20. The number of carbonyl (C=O) groups is 1. The van der Waals surface area contributed by atoms with E-state index in [9.17, 15) is 4.79 Å². The van der Waals surface area contributed by atoms with Gasteiger partial charge in [-0.05, 0) is 43.2 Å². The topological polar surface area (TPSA) is 80.1 Å². The maximum atomic E-state index is 12.1. The molecule has 6 nitrogen and oxygen atoms in total. The van der Waals surface area contributed by atoms with Crippen LogP contribution in [0, 0.1) is 6.92 Å². The number of nitrogens with one attached hydrogen (secondary N) is 2. The molecule has 0 aliphatic rings. The van der Waals surface area contributed by atoms with E-state index in [4.69, 9.17) is 9.15 Å². The van der Waals surface area contributed by atoms with Crippen molar-refractivity contribution in [2.75, 3.05) is 13.7 Å². The molecule has 0 spiro atoms. The molecule has 0 radical (unpaired) electrons. The summed E-state index contributed by atoms with van der Waals surface area (Å²) < 4.78 is 10.6. The van der Waals surface area contributed by atoms with Gasteiger partial charge in [0.05, 0.1) is 7.11 Å². The van der Waals surface area contributed by atoms with E-state index in [1.54, 1.807) is 13.2 Å². The van der Waals surface area contributed by atoms with Gasteiger partial charge in [-0.25, -0.2) is 0 Å². The number of aromatic amines is 1. The predicted molar refractivity (Wildman–Crippen MR) is 90.1 cm³/mol. The van der Waals surface area contributed by atoms with Gasteiger partial charge in [0.2, 0.25) is 0 Å². The predicted octanol–water partition coefficient (Wildman–Crippen LogP) is 2.96. The summed E-state index contributed by atoms with van der Waals surface area (Å²) in [6.07, 6.45) is 0.740. The Hall–Kier alpha value is -3.02. The van der Waals surface area contributed by atoms with Crippen LogP contribution in [0.1, 0.15) is 21.8 Å². The van der Waals surface area contributed by atoms with Gasteiger partial charge in [-0.3, -0.25) is 9.89 Å². The molecule has 2 heterocycles. The maximum Gasteiger partial charge on any atom is 0.271 e. The zero-order valence-corrected chi connectivity index (χ0v) is 13.6. The molecule has 3 rings (SSSR count). The normalized spacial score (nSPS) is 10.6. The molecule has 6 heteroatoms. The second-order valence-electron chi connectivity index (χ2n) is 5.43. The van der Waals surface area contributed by atoms with E-state index in [0.717, 1.165) is 23.5 Å². The van der Waals surface area contributed by atoms with Crippen LogP contribution >= 0.6 is 0 Å². The third-order valence-corrected chi connectivity index (χ3v) is 3.67. The summed E-state index contributed by atoms with van der Waals surface area (Å²) >= 11 is 0. The molecule has 0 saturated carbocycles. The van der Waals surface area contributed by atoms with Crippen molar-refractivity contribution in [2.24, 2.45) is 0 Å². The van der Waals surface area contributed by atoms with Gasteiger partial charge in [0, 0.05) is 12.6 Å². The highest BCUT2D eigenvalue weighted by atomic mass is 16.5. The average Bonchev–Trinajstić information content (AvgIpc) is 3.24. The Bertz CT molecular complexity index is 818. The average molecular weight is 325 g/mol. The molecule has 2 aromatic heterocycles. The minimum Gasteiger partial charge on any atom is -0.497 e. The van der Waals surface area contributed by atoms with Crippen molar-refractivity contribution in [3.05, 3.63) is 59.5 Å². The first-order valence-electron chi connectivity index (χ1n) is 7.69. The fraction of sp³-hybridized carbons (Fsp3) is 0.222. The third-order valence-electron chi connectivity index (χ3n) is 3.67. The molecule has 0 unspecified atom stereocenters.